The lowest BCUT2D eigenvalue weighted by Crippen LogP contribution is -2.43. The van der Waals surface area contributed by atoms with E-state index >= 15 is 0 Å². The molecule has 3 atom stereocenters. The van der Waals surface area contributed by atoms with Crippen molar-refractivity contribution in [3.8, 4) is 0 Å². The highest BCUT2D eigenvalue weighted by molar-refractivity contribution is 5.15. The summed E-state index contributed by atoms with van der Waals surface area (Å²) in [6.07, 6.45) is 0.246. The van der Waals surface area contributed by atoms with Gasteiger partial charge < -0.3 is 15.2 Å². The Morgan fingerprint density at radius 1 is 1.26 bits per heavy atom. The van der Waals surface area contributed by atoms with Gasteiger partial charge in [-0.15, -0.1) is 0 Å². The van der Waals surface area contributed by atoms with Crippen LogP contribution in [0.4, 0.5) is 0 Å². The van der Waals surface area contributed by atoms with Crippen LogP contribution in [0.1, 0.15) is 19.4 Å². The van der Waals surface area contributed by atoms with Gasteiger partial charge in [0.05, 0.1) is 6.04 Å². The summed E-state index contributed by atoms with van der Waals surface area (Å²) in [6, 6.07) is 10.7. The first-order valence-corrected chi connectivity index (χ1v) is 6.93. The van der Waals surface area contributed by atoms with Crippen LogP contribution in [0.5, 0.6) is 0 Å². The molecule has 0 unspecified atom stereocenters. The third-order valence-corrected chi connectivity index (χ3v) is 3.95. The maximum atomic E-state index is 6.00. The summed E-state index contributed by atoms with van der Waals surface area (Å²) < 4.78 is 12.0. The van der Waals surface area contributed by atoms with Crippen molar-refractivity contribution in [2.45, 2.75) is 44.4 Å². The van der Waals surface area contributed by atoms with E-state index in [9.17, 15) is 0 Å². The number of benzene rings is 1. The van der Waals surface area contributed by atoms with E-state index in [1.165, 1.54) is 5.56 Å². The molecule has 0 aromatic heterocycles. The molecule has 2 heterocycles. The van der Waals surface area contributed by atoms with Gasteiger partial charge >= 0.3 is 0 Å². The van der Waals surface area contributed by atoms with E-state index in [4.69, 9.17) is 15.2 Å². The molecule has 0 radical (unpaired) electrons. The number of nitrogens with zero attached hydrogens (tertiary/aromatic N) is 1. The lowest BCUT2D eigenvalue weighted by molar-refractivity contribution is -0.161. The predicted molar refractivity (Wildman–Crippen MR) is 73.5 cm³/mol. The molecule has 0 amide bonds. The van der Waals surface area contributed by atoms with Gasteiger partial charge in [0, 0.05) is 19.6 Å². The minimum Gasteiger partial charge on any atom is -0.343 e. The van der Waals surface area contributed by atoms with Crippen molar-refractivity contribution in [1.82, 2.24) is 4.90 Å². The van der Waals surface area contributed by atoms with Crippen molar-refractivity contribution in [3.63, 3.8) is 0 Å². The first-order valence-electron chi connectivity index (χ1n) is 6.93. The molecular weight excluding hydrogens is 240 g/mol. The molecule has 0 aliphatic carbocycles. The zero-order valence-corrected chi connectivity index (χ0v) is 11.6. The second kappa shape index (κ2) is 4.87. The Hall–Kier alpha value is -0.940. The molecule has 19 heavy (non-hydrogen) atoms. The largest absolute Gasteiger partial charge is 0.343 e. The van der Waals surface area contributed by atoms with Crippen LogP contribution in [0.15, 0.2) is 30.3 Å². The normalized spacial score (nSPS) is 33.5. The Labute approximate surface area is 114 Å². The smallest absolute Gasteiger partial charge is 0.163 e. The molecule has 4 nitrogen and oxygen atoms in total. The highest BCUT2D eigenvalue weighted by Crippen LogP contribution is 2.36. The van der Waals surface area contributed by atoms with Gasteiger partial charge in [-0.25, -0.2) is 0 Å². The van der Waals surface area contributed by atoms with E-state index in [0.29, 0.717) is 6.54 Å². The standard InChI is InChI=1S/C15H22N2O2/c1-15(2)18-13-10-17(12(8-16)14(13)19-15)9-11-6-4-3-5-7-11/h3-7,12-14H,8-10,16H2,1-2H3/t12-,13-,14+/m0/s1. The molecule has 2 N–H and O–H groups in total. The SMILES string of the molecule is CC1(C)O[C@H]2[C@H](CN(Cc3ccccc3)[C@H]2CN)O1. The van der Waals surface area contributed by atoms with Crippen molar-refractivity contribution >= 4 is 0 Å². The first kappa shape index (κ1) is 13.1. The van der Waals surface area contributed by atoms with Crippen molar-refractivity contribution in [2.24, 2.45) is 5.73 Å². The Kier molecular flexibility index (Phi) is 3.35. The average Bonchev–Trinajstić information content (AvgIpc) is 2.81. The van der Waals surface area contributed by atoms with Crippen molar-refractivity contribution in [3.05, 3.63) is 35.9 Å². The van der Waals surface area contributed by atoms with Crippen LogP contribution in [0.2, 0.25) is 0 Å². The Bertz CT molecular complexity index is 435. The summed E-state index contributed by atoms with van der Waals surface area (Å²) in [4.78, 5) is 2.37. The van der Waals surface area contributed by atoms with E-state index in [1.807, 2.05) is 19.9 Å². The van der Waals surface area contributed by atoms with E-state index in [-0.39, 0.29) is 18.2 Å². The quantitative estimate of drug-likeness (QED) is 0.893. The Morgan fingerprint density at radius 2 is 2.00 bits per heavy atom. The van der Waals surface area contributed by atoms with Gasteiger partial charge in [-0.2, -0.15) is 0 Å². The van der Waals surface area contributed by atoms with E-state index in [2.05, 4.69) is 29.2 Å². The van der Waals surface area contributed by atoms with Crippen LogP contribution >= 0.6 is 0 Å². The molecule has 1 aromatic carbocycles. The van der Waals surface area contributed by atoms with Gasteiger partial charge in [0.25, 0.3) is 0 Å². The first-order chi connectivity index (χ1) is 9.09. The molecule has 2 aliphatic heterocycles. The fourth-order valence-corrected chi connectivity index (χ4v) is 3.19. The fourth-order valence-electron chi connectivity index (χ4n) is 3.19. The number of likely N-dealkylation sites (tertiary alicyclic amines) is 1. The van der Waals surface area contributed by atoms with Gasteiger partial charge in [-0.3, -0.25) is 4.90 Å². The summed E-state index contributed by atoms with van der Waals surface area (Å²) in [5, 5.41) is 0. The fraction of sp³-hybridized carbons (Fsp3) is 0.600. The molecule has 2 aliphatic rings. The van der Waals surface area contributed by atoms with Crippen molar-refractivity contribution < 1.29 is 9.47 Å². The van der Waals surface area contributed by atoms with Crippen LogP contribution in [-0.2, 0) is 16.0 Å². The average molecular weight is 262 g/mol. The minimum atomic E-state index is -0.471. The molecule has 4 heteroatoms. The highest BCUT2D eigenvalue weighted by atomic mass is 16.8. The molecule has 1 aromatic rings. The number of ether oxygens (including phenoxy) is 2. The monoisotopic (exact) mass is 262 g/mol. The van der Waals surface area contributed by atoms with Crippen LogP contribution in [-0.4, -0.2) is 42.0 Å². The molecule has 0 spiro atoms. The van der Waals surface area contributed by atoms with Gasteiger partial charge in [0.1, 0.15) is 12.2 Å². The summed E-state index contributed by atoms with van der Waals surface area (Å²) in [5.41, 5.74) is 7.25. The topological polar surface area (TPSA) is 47.7 Å². The van der Waals surface area contributed by atoms with E-state index < -0.39 is 5.79 Å². The second-order valence-electron chi connectivity index (χ2n) is 5.86. The number of nitrogens with two attached hydrogens (primary N) is 1. The summed E-state index contributed by atoms with van der Waals surface area (Å²) in [6.45, 7) is 6.35. The number of rotatable bonds is 3. The third-order valence-electron chi connectivity index (χ3n) is 3.95. The van der Waals surface area contributed by atoms with Crippen LogP contribution in [0, 0.1) is 0 Å². The third kappa shape index (κ3) is 2.54. The second-order valence-corrected chi connectivity index (χ2v) is 5.86. The highest BCUT2D eigenvalue weighted by Gasteiger charge is 2.51. The molecule has 104 valence electrons. The zero-order chi connectivity index (χ0) is 13.5. The number of fused-ring (bicyclic) bond motifs is 1. The maximum absolute atomic E-state index is 6.00. The maximum Gasteiger partial charge on any atom is 0.163 e. The van der Waals surface area contributed by atoms with Gasteiger partial charge in [0.2, 0.25) is 0 Å². The molecular formula is C15H22N2O2. The summed E-state index contributed by atoms with van der Waals surface area (Å²) >= 11 is 0. The number of hydrogen-bond donors (Lipinski definition) is 1. The molecule has 0 bridgehead atoms. The van der Waals surface area contributed by atoms with Gasteiger partial charge in [-0.05, 0) is 19.4 Å². The Morgan fingerprint density at radius 3 is 2.68 bits per heavy atom. The van der Waals surface area contributed by atoms with Crippen LogP contribution < -0.4 is 5.73 Å². The molecule has 2 fully saturated rings. The minimum absolute atomic E-state index is 0.101. The lowest BCUT2D eigenvalue weighted by Gasteiger charge is -2.28. The molecule has 2 saturated heterocycles. The summed E-state index contributed by atoms with van der Waals surface area (Å²) in [7, 11) is 0. The van der Waals surface area contributed by atoms with Crippen LogP contribution in [0.25, 0.3) is 0 Å². The number of hydrogen-bond acceptors (Lipinski definition) is 4. The van der Waals surface area contributed by atoms with Gasteiger partial charge in [-0.1, -0.05) is 30.3 Å². The van der Waals surface area contributed by atoms with Gasteiger partial charge in [0.15, 0.2) is 5.79 Å². The molecule has 0 saturated carbocycles. The zero-order valence-electron chi connectivity index (χ0n) is 11.6. The van der Waals surface area contributed by atoms with Crippen molar-refractivity contribution in [2.75, 3.05) is 13.1 Å². The van der Waals surface area contributed by atoms with E-state index in [1.54, 1.807) is 0 Å². The van der Waals surface area contributed by atoms with Crippen molar-refractivity contribution in [1.29, 1.82) is 0 Å². The van der Waals surface area contributed by atoms with E-state index in [0.717, 1.165) is 13.1 Å². The molecule has 3 rings (SSSR count). The summed E-state index contributed by atoms with van der Waals surface area (Å²) in [5.74, 6) is -0.471. The Balaban J connectivity index is 1.72. The van der Waals surface area contributed by atoms with Crippen LogP contribution in [0.3, 0.4) is 0 Å². The lowest BCUT2D eigenvalue weighted by atomic mass is 10.1. The predicted octanol–water partition coefficient (Wildman–Crippen LogP) is 1.35.